The number of hydrazone groups is 1. The highest BCUT2D eigenvalue weighted by Gasteiger charge is 2.20. The van der Waals surface area contributed by atoms with Gasteiger partial charge in [-0.05, 0) is 49.1 Å². The Morgan fingerprint density at radius 2 is 1.58 bits per heavy atom. The molecule has 10 heteroatoms. The van der Waals surface area contributed by atoms with Gasteiger partial charge in [-0.3, -0.25) is 0 Å². The number of nitrogens with zero attached hydrogens (tertiary/aromatic N) is 6. The van der Waals surface area contributed by atoms with E-state index in [0.29, 0.717) is 43.4 Å². The average Bonchev–Trinajstić information content (AvgIpc) is 2.94. The van der Waals surface area contributed by atoms with Crippen molar-refractivity contribution in [2.45, 2.75) is 25.9 Å². The highest BCUT2D eigenvalue weighted by molar-refractivity contribution is 5.83. The van der Waals surface area contributed by atoms with Crippen molar-refractivity contribution in [1.29, 1.82) is 0 Å². The van der Waals surface area contributed by atoms with Crippen molar-refractivity contribution < 1.29 is 13.9 Å². The van der Waals surface area contributed by atoms with E-state index < -0.39 is 0 Å². The van der Waals surface area contributed by atoms with E-state index in [0.717, 1.165) is 50.1 Å². The molecule has 0 bridgehead atoms. The van der Waals surface area contributed by atoms with Gasteiger partial charge in [-0.25, -0.2) is 9.82 Å². The molecule has 0 aliphatic carbocycles. The first-order valence-electron chi connectivity index (χ1n) is 12.3. The largest absolute Gasteiger partial charge is 0.488 e. The number of para-hydroxylation sites is 1. The number of hydrogen-bond donors (Lipinski definition) is 1. The second-order valence-corrected chi connectivity index (χ2v) is 8.73. The minimum absolute atomic E-state index is 0.268. The molecule has 0 spiro atoms. The standard InChI is InChI=1S/C26H30FN7O2/c27-22-10-8-20(9-11-22)19-36-23-7-3-2-6-21(23)18-28-32-24-29-25(33-12-4-1-5-13-33)31-26(30-24)34-14-16-35-17-15-34/h2-3,6-11,18H,1,4-5,12-17,19H2,(H,29,30,31,32)/b28-18+. The smallest absolute Gasteiger partial charge is 0.250 e. The number of anilines is 3. The molecule has 3 aromatic rings. The monoisotopic (exact) mass is 491 g/mol. The number of halogens is 1. The van der Waals surface area contributed by atoms with Gasteiger partial charge in [0.2, 0.25) is 17.8 Å². The molecule has 2 saturated heterocycles. The predicted octanol–water partition coefficient (Wildman–Crippen LogP) is 3.86. The molecular weight excluding hydrogens is 461 g/mol. The van der Waals surface area contributed by atoms with Gasteiger partial charge in [0.1, 0.15) is 18.2 Å². The molecule has 9 nitrogen and oxygen atoms in total. The fourth-order valence-electron chi connectivity index (χ4n) is 4.16. The van der Waals surface area contributed by atoms with E-state index in [9.17, 15) is 4.39 Å². The van der Waals surface area contributed by atoms with E-state index >= 15 is 0 Å². The van der Waals surface area contributed by atoms with E-state index in [4.69, 9.17) is 14.5 Å². The van der Waals surface area contributed by atoms with Crippen LogP contribution < -0.4 is 20.0 Å². The Morgan fingerprint density at radius 3 is 2.33 bits per heavy atom. The fraction of sp³-hybridized carbons (Fsp3) is 0.385. The molecule has 0 unspecified atom stereocenters. The Hall–Kier alpha value is -3.79. The summed E-state index contributed by atoms with van der Waals surface area (Å²) in [5.74, 6) is 2.11. The highest BCUT2D eigenvalue weighted by atomic mass is 19.1. The van der Waals surface area contributed by atoms with Crippen LogP contribution in [-0.4, -0.2) is 60.6 Å². The van der Waals surface area contributed by atoms with Gasteiger partial charge in [0.15, 0.2) is 0 Å². The summed E-state index contributed by atoms with van der Waals surface area (Å²) < 4.78 is 24.6. The molecule has 0 saturated carbocycles. The van der Waals surface area contributed by atoms with Crippen molar-refractivity contribution in [2.75, 3.05) is 54.6 Å². The van der Waals surface area contributed by atoms with Gasteiger partial charge in [-0.2, -0.15) is 20.1 Å². The van der Waals surface area contributed by atoms with Crippen LogP contribution in [0.3, 0.4) is 0 Å². The highest BCUT2D eigenvalue weighted by Crippen LogP contribution is 2.22. The van der Waals surface area contributed by atoms with Crippen molar-refractivity contribution in [2.24, 2.45) is 5.10 Å². The number of piperidine rings is 1. The van der Waals surface area contributed by atoms with Crippen LogP contribution in [0.5, 0.6) is 5.75 Å². The van der Waals surface area contributed by atoms with E-state index in [1.54, 1.807) is 18.3 Å². The van der Waals surface area contributed by atoms with Crippen LogP contribution in [0.25, 0.3) is 0 Å². The number of nitrogens with one attached hydrogen (secondary N) is 1. The molecule has 2 aliphatic heterocycles. The van der Waals surface area contributed by atoms with Gasteiger partial charge < -0.3 is 19.3 Å². The van der Waals surface area contributed by atoms with Gasteiger partial charge in [0, 0.05) is 31.7 Å². The summed E-state index contributed by atoms with van der Waals surface area (Å²) >= 11 is 0. The number of benzene rings is 2. The summed E-state index contributed by atoms with van der Waals surface area (Å²) in [6.45, 7) is 4.99. The summed E-state index contributed by atoms with van der Waals surface area (Å²) in [4.78, 5) is 18.4. The molecule has 36 heavy (non-hydrogen) atoms. The zero-order valence-corrected chi connectivity index (χ0v) is 20.1. The molecule has 3 heterocycles. The Kier molecular flexibility index (Phi) is 7.82. The van der Waals surface area contributed by atoms with Gasteiger partial charge in [0.05, 0.1) is 19.4 Å². The molecule has 2 aromatic carbocycles. The molecule has 0 radical (unpaired) electrons. The SMILES string of the molecule is Fc1ccc(COc2ccccc2/C=N/Nc2nc(N3CCCCC3)nc(N3CCOCC3)n2)cc1. The first kappa shape index (κ1) is 23.9. The van der Waals surface area contributed by atoms with Crippen LogP contribution in [0.15, 0.2) is 53.6 Å². The van der Waals surface area contributed by atoms with Gasteiger partial charge >= 0.3 is 0 Å². The van der Waals surface area contributed by atoms with Crippen molar-refractivity contribution in [3.63, 3.8) is 0 Å². The maximum absolute atomic E-state index is 13.2. The third kappa shape index (κ3) is 6.25. The lowest BCUT2D eigenvalue weighted by molar-refractivity contribution is 0.122. The molecular formula is C26H30FN7O2. The maximum atomic E-state index is 13.2. The molecule has 2 fully saturated rings. The Labute approximate surface area is 210 Å². The summed E-state index contributed by atoms with van der Waals surface area (Å²) in [6, 6.07) is 13.9. The van der Waals surface area contributed by atoms with E-state index in [1.807, 2.05) is 24.3 Å². The average molecular weight is 492 g/mol. The molecule has 0 amide bonds. The zero-order valence-electron chi connectivity index (χ0n) is 20.1. The van der Waals surface area contributed by atoms with E-state index in [2.05, 4.69) is 30.3 Å². The van der Waals surface area contributed by atoms with Crippen LogP contribution in [0.4, 0.5) is 22.2 Å². The van der Waals surface area contributed by atoms with Crippen LogP contribution in [-0.2, 0) is 11.3 Å². The van der Waals surface area contributed by atoms with Crippen LogP contribution in [0, 0.1) is 5.82 Å². The van der Waals surface area contributed by atoms with E-state index in [-0.39, 0.29) is 5.82 Å². The zero-order chi connectivity index (χ0) is 24.6. The number of ether oxygens (including phenoxy) is 2. The number of aromatic nitrogens is 3. The predicted molar refractivity (Wildman–Crippen MR) is 137 cm³/mol. The van der Waals surface area contributed by atoms with Crippen LogP contribution >= 0.6 is 0 Å². The second-order valence-electron chi connectivity index (χ2n) is 8.73. The number of morpholine rings is 1. The van der Waals surface area contributed by atoms with Crippen molar-refractivity contribution in [3.05, 3.63) is 65.5 Å². The summed E-state index contributed by atoms with van der Waals surface area (Å²) in [5.41, 5.74) is 4.66. The lowest BCUT2D eigenvalue weighted by Gasteiger charge is -2.30. The van der Waals surface area contributed by atoms with Crippen molar-refractivity contribution >= 4 is 24.1 Å². The van der Waals surface area contributed by atoms with Crippen LogP contribution in [0.1, 0.15) is 30.4 Å². The first-order chi connectivity index (χ1) is 17.7. The van der Waals surface area contributed by atoms with Gasteiger partial charge in [-0.1, -0.05) is 24.3 Å². The Balaban J connectivity index is 1.31. The quantitative estimate of drug-likeness (QED) is 0.375. The third-order valence-electron chi connectivity index (χ3n) is 6.14. The Bertz CT molecular complexity index is 1130. The van der Waals surface area contributed by atoms with Gasteiger partial charge in [0.25, 0.3) is 0 Å². The van der Waals surface area contributed by atoms with E-state index in [1.165, 1.54) is 18.6 Å². The first-order valence-corrected chi connectivity index (χ1v) is 12.3. The minimum Gasteiger partial charge on any atom is -0.488 e. The van der Waals surface area contributed by atoms with Crippen molar-refractivity contribution in [1.82, 2.24) is 15.0 Å². The molecule has 2 aliphatic rings. The summed E-state index contributed by atoms with van der Waals surface area (Å²) in [7, 11) is 0. The molecule has 1 aromatic heterocycles. The van der Waals surface area contributed by atoms with Gasteiger partial charge in [-0.15, -0.1) is 0 Å². The fourth-order valence-corrected chi connectivity index (χ4v) is 4.16. The normalized spacial score (nSPS) is 16.4. The molecule has 5 rings (SSSR count). The third-order valence-corrected chi connectivity index (χ3v) is 6.14. The topological polar surface area (TPSA) is 88.0 Å². The minimum atomic E-state index is -0.268. The molecule has 0 atom stereocenters. The number of hydrogen-bond acceptors (Lipinski definition) is 9. The van der Waals surface area contributed by atoms with Crippen LogP contribution in [0.2, 0.25) is 0 Å². The lowest BCUT2D eigenvalue weighted by atomic mass is 10.1. The molecule has 1 N–H and O–H groups in total. The lowest BCUT2D eigenvalue weighted by Crippen LogP contribution is -2.38. The van der Waals surface area contributed by atoms with Crippen molar-refractivity contribution in [3.8, 4) is 5.75 Å². The Morgan fingerprint density at radius 1 is 0.889 bits per heavy atom. The molecule has 188 valence electrons. The maximum Gasteiger partial charge on any atom is 0.250 e. The summed E-state index contributed by atoms with van der Waals surface area (Å²) in [6.07, 6.45) is 5.18. The second kappa shape index (κ2) is 11.8. The summed E-state index contributed by atoms with van der Waals surface area (Å²) in [5, 5.41) is 4.39. The number of rotatable bonds is 8.